The van der Waals surface area contributed by atoms with E-state index in [9.17, 15) is 0 Å². The van der Waals surface area contributed by atoms with E-state index >= 15 is 0 Å². The van der Waals surface area contributed by atoms with Crippen LogP contribution in [-0.2, 0) is 0 Å². The zero-order valence-electron chi connectivity index (χ0n) is 15.9. The largest absolute Gasteiger partial charge is 0.309 e. The number of pyridine rings is 1. The summed E-state index contributed by atoms with van der Waals surface area (Å²) >= 11 is 1.61. The van der Waals surface area contributed by atoms with Gasteiger partial charge < -0.3 is 5.32 Å². The van der Waals surface area contributed by atoms with Gasteiger partial charge in [0.15, 0.2) is 0 Å². The number of thioether (sulfide) groups is 1. The molecule has 3 heterocycles. The average Bonchev–Trinajstić information content (AvgIpc) is 3.05. The molecule has 7 heteroatoms. The highest BCUT2D eigenvalue weighted by Gasteiger charge is 2.18. The lowest BCUT2D eigenvalue weighted by atomic mass is 10.2. The maximum Gasteiger partial charge on any atom is 0.228 e. The Kier molecular flexibility index (Phi) is 5.08. The van der Waals surface area contributed by atoms with E-state index < -0.39 is 0 Å². The van der Waals surface area contributed by atoms with Gasteiger partial charge in [0, 0.05) is 12.4 Å². The molecule has 0 spiro atoms. The number of aromatic nitrogens is 5. The second-order valence-electron chi connectivity index (χ2n) is 6.33. The summed E-state index contributed by atoms with van der Waals surface area (Å²) in [7, 11) is 0. The van der Waals surface area contributed by atoms with Gasteiger partial charge in [-0.25, -0.2) is 19.6 Å². The van der Waals surface area contributed by atoms with Gasteiger partial charge in [0.2, 0.25) is 5.95 Å². The lowest BCUT2D eigenvalue weighted by molar-refractivity contribution is 0.814. The smallest absolute Gasteiger partial charge is 0.228 e. The van der Waals surface area contributed by atoms with Gasteiger partial charge in [-0.2, -0.15) is 5.10 Å². The van der Waals surface area contributed by atoms with E-state index in [4.69, 9.17) is 10.1 Å². The van der Waals surface area contributed by atoms with Gasteiger partial charge in [0.05, 0.1) is 22.6 Å². The first kappa shape index (κ1) is 18.2. The Morgan fingerprint density at radius 2 is 1.75 bits per heavy atom. The summed E-state index contributed by atoms with van der Waals surface area (Å²) in [5.41, 5.74) is 5.03. The second-order valence-corrected chi connectivity index (χ2v) is 7.12. The molecule has 1 N–H and O–H groups in total. The van der Waals surface area contributed by atoms with E-state index in [0.29, 0.717) is 5.95 Å². The Morgan fingerprint density at radius 3 is 2.50 bits per heavy atom. The molecule has 0 fully saturated rings. The molecule has 1 aromatic carbocycles. The van der Waals surface area contributed by atoms with E-state index in [1.54, 1.807) is 24.2 Å². The highest BCUT2D eigenvalue weighted by molar-refractivity contribution is 7.98. The van der Waals surface area contributed by atoms with Crippen LogP contribution in [0.3, 0.4) is 0 Å². The number of nitrogens with zero attached hydrogens (tertiary/aromatic N) is 5. The maximum atomic E-state index is 4.79. The van der Waals surface area contributed by atoms with Crippen LogP contribution in [0.1, 0.15) is 11.3 Å². The van der Waals surface area contributed by atoms with Crippen molar-refractivity contribution >= 4 is 23.5 Å². The van der Waals surface area contributed by atoms with Crippen LogP contribution in [0.4, 0.5) is 11.8 Å². The molecule has 4 rings (SSSR count). The van der Waals surface area contributed by atoms with E-state index in [1.807, 2.05) is 66.4 Å². The lowest BCUT2D eigenvalue weighted by Gasteiger charge is -2.08. The van der Waals surface area contributed by atoms with Crippen LogP contribution in [-0.4, -0.2) is 31.0 Å². The summed E-state index contributed by atoms with van der Waals surface area (Å²) in [6.45, 7) is 4.09. The van der Waals surface area contributed by atoms with Gasteiger partial charge >= 0.3 is 0 Å². The van der Waals surface area contributed by atoms with Crippen LogP contribution in [0.15, 0.2) is 66.0 Å². The molecule has 0 aliphatic carbocycles. The van der Waals surface area contributed by atoms with Gasteiger partial charge in [0.25, 0.3) is 0 Å². The standard InChI is InChI=1S/C21H20N6S/c1-14-9-11-22-18(13-14)25-21-23-12-10-17(24-21)19-15(2)27(26-20(19)28-3)16-7-5-4-6-8-16/h4-13H,1-3H3,(H,22,23,24,25). The topological polar surface area (TPSA) is 68.5 Å². The van der Waals surface area contributed by atoms with Crippen LogP contribution < -0.4 is 5.32 Å². The molecule has 0 atom stereocenters. The fourth-order valence-electron chi connectivity index (χ4n) is 3.01. The fraction of sp³-hybridized carbons (Fsp3) is 0.143. The quantitative estimate of drug-likeness (QED) is 0.495. The zero-order valence-corrected chi connectivity index (χ0v) is 16.7. The summed E-state index contributed by atoms with van der Waals surface area (Å²) in [6.07, 6.45) is 5.54. The van der Waals surface area contributed by atoms with Crippen molar-refractivity contribution in [2.24, 2.45) is 0 Å². The molecule has 0 unspecified atom stereocenters. The van der Waals surface area contributed by atoms with Gasteiger partial charge in [0.1, 0.15) is 10.8 Å². The van der Waals surface area contributed by atoms with Crippen LogP contribution in [0.2, 0.25) is 0 Å². The number of hydrogen-bond donors (Lipinski definition) is 1. The highest BCUT2D eigenvalue weighted by atomic mass is 32.2. The number of para-hydroxylation sites is 1. The third-order valence-corrected chi connectivity index (χ3v) is 5.02. The van der Waals surface area contributed by atoms with Gasteiger partial charge in [-0.05, 0) is 56.0 Å². The first-order chi connectivity index (χ1) is 13.7. The summed E-state index contributed by atoms with van der Waals surface area (Å²) in [5, 5.41) is 8.90. The normalized spacial score (nSPS) is 10.8. The molecule has 0 aliphatic rings. The zero-order chi connectivity index (χ0) is 19.5. The van der Waals surface area contributed by atoms with Gasteiger partial charge in [-0.15, -0.1) is 11.8 Å². The molecular weight excluding hydrogens is 368 g/mol. The van der Waals surface area contributed by atoms with Crippen molar-refractivity contribution in [2.45, 2.75) is 18.9 Å². The van der Waals surface area contributed by atoms with Crippen molar-refractivity contribution in [1.29, 1.82) is 0 Å². The SMILES string of the molecule is CSc1nn(-c2ccccc2)c(C)c1-c1ccnc(Nc2cc(C)ccn2)n1. The molecule has 6 nitrogen and oxygen atoms in total. The molecule has 0 amide bonds. The number of anilines is 2. The Hall–Kier alpha value is -3.19. The predicted molar refractivity (Wildman–Crippen MR) is 113 cm³/mol. The van der Waals surface area contributed by atoms with E-state index in [0.717, 1.165) is 39.0 Å². The molecule has 0 bridgehead atoms. The van der Waals surface area contributed by atoms with Crippen LogP contribution >= 0.6 is 11.8 Å². The number of nitrogens with one attached hydrogen (secondary N) is 1. The minimum Gasteiger partial charge on any atom is -0.309 e. The van der Waals surface area contributed by atoms with E-state index in [2.05, 4.69) is 22.2 Å². The third kappa shape index (κ3) is 3.61. The molecule has 28 heavy (non-hydrogen) atoms. The summed E-state index contributed by atoms with van der Waals surface area (Å²) < 4.78 is 1.96. The maximum absolute atomic E-state index is 4.79. The molecular formula is C21H20N6S. The van der Waals surface area contributed by atoms with E-state index in [1.165, 1.54) is 0 Å². The van der Waals surface area contributed by atoms with Crippen molar-refractivity contribution in [3.05, 3.63) is 72.2 Å². The Labute approximate surface area is 168 Å². The number of rotatable bonds is 5. The van der Waals surface area contributed by atoms with Crippen LogP contribution in [0.25, 0.3) is 16.9 Å². The molecule has 3 aromatic heterocycles. The first-order valence-electron chi connectivity index (χ1n) is 8.88. The van der Waals surface area contributed by atoms with Crippen molar-refractivity contribution < 1.29 is 0 Å². The molecule has 4 aromatic rings. The summed E-state index contributed by atoms with van der Waals surface area (Å²) in [6, 6.07) is 15.9. The fourth-order valence-corrected chi connectivity index (χ4v) is 3.63. The first-order valence-corrected chi connectivity index (χ1v) is 10.1. The predicted octanol–water partition coefficient (Wildman–Crippen LogP) is 4.81. The van der Waals surface area contributed by atoms with Gasteiger partial charge in [-0.1, -0.05) is 18.2 Å². The second kappa shape index (κ2) is 7.82. The van der Waals surface area contributed by atoms with Crippen molar-refractivity contribution in [3.8, 4) is 16.9 Å². The Morgan fingerprint density at radius 1 is 0.964 bits per heavy atom. The van der Waals surface area contributed by atoms with Crippen molar-refractivity contribution in [1.82, 2.24) is 24.7 Å². The molecule has 140 valence electrons. The average molecular weight is 389 g/mol. The summed E-state index contributed by atoms with van der Waals surface area (Å²) in [4.78, 5) is 13.4. The number of hydrogen-bond acceptors (Lipinski definition) is 6. The third-order valence-electron chi connectivity index (χ3n) is 4.35. The van der Waals surface area contributed by atoms with Crippen molar-refractivity contribution in [3.63, 3.8) is 0 Å². The summed E-state index contributed by atoms with van der Waals surface area (Å²) in [5.74, 6) is 1.23. The monoisotopic (exact) mass is 388 g/mol. The molecule has 0 radical (unpaired) electrons. The highest BCUT2D eigenvalue weighted by Crippen LogP contribution is 2.33. The van der Waals surface area contributed by atoms with Crippen molar-refractivity contribution in [2.75, 3.05) is 11.6 Å². The van der Waals surface area contributed by atoms with Crippen LogP contribution in [0.5, 0.6) is 0 Å². The van der Waals surface area contributed by atoms with Gasteiger partial charge in [-0.3, -0.25) is 0 Å². The Bertz CT molecular complexity index is 1110. The lowest BCUT2D eigenvalue weighted by Crippen LogP contribution is -2.01. The molecule has 0 aliphatic heterocycles. The molecule has 0 saturated heterocycles. The molecule has 0 saturated carbocycles. The number of aryl methyl sites for hydroxylation is 1. The number of benzene rings is 1. The minimum absolute atomic E-state index is 0.509. The van der Waals surface area contributed by atoms with Crippen LogP contribution in [0, 0.1) is 13.8 Å². The minimum atomic E-state index is 0.509. The Balaban J connectivity index is 1.74. The van der Waals surface area contributed by atoms with E-state index in [-0.39, 0.29) is 0 Å².